The van der Waals surface area contributed by atoms with Crippen molar-refractivity contribution < 1.29 is 5.11 Å². The van der Waals surface area contributed by atoms with Gasteiger partial charge in [0.25, 0.3) is 0 Å². The molecule has 0 atom stereocenters. The standard InChI is InChI=1S/C5H7NOS/c1-3-4(2)6-8-5(3)7/h7H,1-2H3. The van der Waals surface area contributed by atoms with Crippen LogP contribution in [0.5, 0.6) is 5.06 Å². The second-order valence-electron chi connectivity index (χ2n) is 1.70. The summed E-state index contributed by atoms with van der Waals surface area (Å²) in [6.07, 6.45) is 0. The van der Waals surface area contributed by atoms with Crippen molar-refractivity contribution in [2.75, 3.05) is 0 Å². The van der Waals surface area contributed by atoms with Crippen LogP contribution in [0.15, 0.2) is 0 Å². The number of aromatic hydroxyl groups is 1. The zero-order valence-corrected chi connectivity index (χ0v) is 5.62. The molecule has 0 saturated carbocycles. The molecule has 1 heterocycles. The normalized spacial score (nSPS) is 9.75. The summed E-state index contributed by atoms with van der Waals surface area (Å²) in [6, 6.07) is 0. The number of aryl methyl sites for hydroxylation is 1. The molecule has 0 fully saturated rings. The summed E-state index contributed by atoms with van der Waals surface area (Å²) in [5, 5.41) is 9.23. The van der Waals surface area contributed by atoms with Crippen LogP contribution in [-0.2, 0) is 0 Å². The third-order valence-corrected chi connectivity index (χ3v) is 1.98. The van der Waals surface area contributed by atoms with E-state index in [4.69, 9.17) is 5.11 Å². The topological polar surface area (TPSA) is 33.1 Å². The Morgan fingerprint density at radius 1 is 1.50 bits per heavy atom. The Balaban J connectivity index is 3.19. The molecule has 0 spiro atoms. The molecule has 8 heavy (non-hydrogen) atoms. The maximum Gasteiger partial charge on any atom is 0.194 e. The molecular formula is C5H7NOS. The van der Waals surface area contributed by atoms with Gasteiger partial charge in [-0.1, -0.05) is 0 Å². The van der Waals surface area contributed by atoms with Crippen LogP contribution in [0.2, 0.25) is 0 Å². The fourth-order valence-electron chi connectivity index (χ4n) is 0.403. The Hall–Kier alpha value is -0.570. The molecule has 0 amide bonds. The fraction of sp³-hybridized carbons (Fsp3) is 0.400. The summed E-state index contributed by atoms with van der Waals surface area (Å²) in [5.74, 6) is 0. The Morgan fingerprint density at radius 3 is 2.25 bits per heavy atom. The molecule has 1 rings (SSSR count). The van der Waals surface area contributed by atoms with Crippen molar-refractivity contribution in [3.8, 4) is 5.06 Å². The molecule has 0 unspecified atom stereocenters. The first kappa shape index (κ1) is 5.56. The number of rotatable bonds is 0. The summed E-state index contributed by atoms with van der Waals surface area (Å²) in [5.41, 5.74) is 1.82. The molecule has 2 nitrogen and oxygen atoms in total. The molecule has 0 bridgehead atoms. The molecular weight excluding hydrogens is 122 g/mol. The minimum absolute atomic E-state index is 0.336. The van der Waals surface area contributed by atoms with E-state index in [0.717, 1.165) is 22.8 Å². The van der Waals surface area contributed by atoms with Gasteiger partial charge >= 0.3 is 0 Å². The average molecular weight is 129 g/mol. The van der Waals surface area contributed by atoms with Gasteiger partial charge in [-0.25, -0.2) is 0 Å². The van der Waals surface area contributed by atoms with Crippen LogP contribution in [0.25, 0.3) is 0 Å². The van der Waals surface area contributed by atoms with Crippen LogP contribution < -0.4 is 0 Å². The van der Waals surface area contributed by atoms with Crippen LogP contribution >= 0.6 is 11.5 Å². The third-order valence-electron chi connectivity index (χ3n) is 1.13. The van der Waals surface area contributed by atoms with Gasteiger partial charge in [0, 0.05) is 17.1 Å². The second kappa shape index (κ2) is 1.74. The van der Waals surface area contributed by atoms with Crippen LogP contribution in [0, 0.1) is 13.8 Å². The molecule has 44 valence electrons. The van der Waals surface area contributed by atoms with E-state index in [1.807, 2.05) is 13.8 Å². The monoisotopic (exact) mass is 129 g/mol. The predicted octanol–water partition coefficient (Wildman–Crippen LogP) is 1.47. The lowest BCUT2D eigenvalue weighted by molar-refractivity contribution is 0.487. The van der Waals surface area contributed by atoms with E-state index in [1.54, 1.807) is 0 Å². The average Bonchev–Trinajstić information content (AvgIpc) is 1.98. The van der Waals surface area contributed by atoms with Gasteiger partial charge in [-0.15, -0.1) is 0 Å². The zero-order chi connectivity index (χ0) is 6.15. The lowest BCUT2D eigenvalue weighted by atomic mass is 10.3. The van der Waals surface area contributed by atoms with Crippen LogP contribution in [0.1, 0.15) is 11.3 Å². The summed E-state index contributed by atoms with van der Waals surface area (Å²) in [4.78, 5) is 0. The van der Waals surface area contributed by atoms with Crippen molar-refractivity contribution in [2.24, 2.45) is 0 Å². The van der Waals surface area contributed by atoms with E-state index in [0.29, 0.717) is 5.06 Å². The van der Waals surface area contributed by atoms with Crippen molar-refractivity contribution in [3.05, 3.63) is 11.3 Å². The molecule has 0 aromatic carbocycles. The van der Waals surface area contributed by atoms with Gasteiger partial charge in [-0.2, -0.15) is 4.37 Å². The molecule has 1 aromatic heterocycles. The van der Waals surface area contributed by atoms with Crippen LogP contribution in [0.4, 0.5) is 0 Å². The van der Waals surface area contributed by atoms with Crippen molar-refractivity contribution in [2.45, 2.75) is 13.8 Å². The Morgan fingerprint density at radius 2 is 2.12 bits per heavy atom. The van der Waals surface area contributed by atoms with Gasteiger partial charge in [-0.05, 0) is 13.8 Å². The number of aromatic nitrogens is 1. The Kier molecular flexibility index (Phi) is 1.21. The first-order valence-electron chi connectivity index (χ1n) is 2.33. The predicted molar refractivity (Wildman–Crippen MR) is 33.3 cm³/mol. The minimum Gasteiger partial charge on any atom is -0.498 e. The number of nitrogens with zero attached hydrogens (tertiary/aromatic N) is 1. The lowest BCUT2D eigenvalue weighted by Gasteiger charge is -1.82. The molecule has 1 N–H and O–H groups in total. The number of hydrogen-bond donors (Lipinski definition) is 1. The highest BCUT2D eigenvalue weighted by molar-refractivity contribution is 7.07. The van der Waals surface area contributed by atoms with Crippen molar-refractivity contribution >= 4 is 11.5 Å². The maximum atomic E-state index is 8.90. The van der Waals surface area contributed by atoms with E-state index in [1.165, 1.54) is 0 Å². The smallest absolute Gasteiger partial charge is 0.194 e. The third kappa shape index (κ3) is 0.690. The molecule has 0 radical (unpaired) electrons. The lowest BCUT2D eigenvalue weighted by Crippen LogP contribution is -1.70. The van der Waals surface area contributed by atoms with Gasteiger partial charge in [0.2, 0.25) is 0 Å². The molecule has 0 aliphatic heterocycles. The molecule has 1 aromatic rings. The van der Waals surface area contributed by atoms with Crippen molar-refractivity contribution in [1.29, 1.82) is 0 Å². The minimum atomic E-state index is 0.336. The molecule has 0 aliphatic carbocycles. The van der Waals surface area contributed by atoms with Gasteiger partial charge in [0.15, 0.2) is 5.06 Å². The van der Waals surface area contributed by atoms with E-state index >= 15 is 0 Å². The Bertz CT molecular complexity index is 175. The first-order chi connectivity index (χ1) is 3.72. The van der Waals surface area contributed by atoms with Gasteiger partial charge in [0.05, 0.1) is 5.69 Å². The van der Waals surface area contributed by atoms with Crippen LogP contribution in [-0.4, -0.2) is 9.48 Å². The van der Waals surface area contributed by atoms with Crippen molar-refractivity contribution in [3.63, 3.8) is 0 Å². The fourth-order valence-corrected chi connectivity index (χ4v) is 1.05. The zero-order valence-electron chi connectivity index (χ0n) is 4.80. The SMILES string of the molecule is Cc1nsc(O)c1C. The highest BCUT2D eigenvalue weighted by Crippen LogP contribution is 2.22. The van der Waals surface area contributed by atoms with E-state index in [2.05, 4.69) is 4.37 Å². The summed E-state index contributed by atoms with van der Waals surface area (Å²) in [6.45, 7) is 3.74. The van der Waals surface area contributed by atoms with Gasteiger partial charge < -0.3 is 5.11 Å². The van der Waals surface area contributed by atoms with Gasteiger partial charge in [0.1, 0.15) is 0 Å². The van der Waals surface area contributed by atoms with Crippen LogP contribution in [0.3, 0.4) is 0 Å². The summed E-state index contributed by atoms with van der Waals surface area (Å²) in [7, 11) is 0. The highest BCUT2D eigenvalue weighted by atomic mass is 32.1. The second-order valence-corrected chi connectivity index (χ2v) is 2.45. The molecule has 0 aliphatic rings. The highest BCUT2D eigenvalue weighted by Gasteiger charge is 2.00. The summed E-state index contributed by atoms with van der Waals surface area (Å²) < 4.78 is 3.91. The Labute approximate surface area is 52.0 Å². The van der Waals surface area contributed by atoms with E-state index in [-0.39, 0.29) is 0 Å². The largest absolute Gasteiger partial charge is 0.498 e. The number of hydrogen-bond acceptors (Lipinski definition) is 3. The van der Waals surface area contributed by atoms with E-state index in [9.17, 15) is 0 Å². The quantitative estimate of drug-likeness (QED) is 0.575. The first-order valence-corrected chi connectivity index (χ1v) is 3.11. The molecule has 3 heteroatoms. The van der Waals surface area contributed by atoms with Crippen molar-refractivity contribution in [1.82, 2.24) is 4.37 Å². The maximum absolute atomic E-state index is 8.90. The van der Waals surface area contributed by atoms with Gasteiger partial charge in [-0.3, -0.25) is 0 Å². The summed E-state index contributed by atoms with van der Waals surface area (Å²) >= 11 is 1.14. The molecule has 0 saturated heterocycles. The van der Waals surface area contributed by atoms with E-state index < -0.39 is 0 Å².